The van der Waals surface area contributed by atoms with Gasteiger partial charge in [-0.1, -0.05) is 0 Å². The Morgan fingerprint density at radius 3 is 2.15 bits per heavy atom. The Balaban J connectivity index is 1.15. The maximum atomic E-state index is 2.64. The van der Waals surface area contributed by atoms with Gasteiger partial charge in [-0.25, -0.2) is 0 Å². The van der Waals surface area contributed by atoms with Crippen molar-refractivity contribution >= 4 is 6.08 Å². The van der Waals surface area contributed by atoms with Gasteiger partial charge < -0.3 is 0 Å². The summed E-state index contributed by atoms with van der Waals surface area (Å²) in [4.78, 5) is 0. The second kappa shape index (κ2) is 8.62. The van der Waals surface area contributed by atoms with Crippen LogP contribution in [0, 0.1) is 29.6 Å². The van der Waals surface area contributed by atoms with Gasteiger partial charge in [0.1, 0.15) is 0 Å². The zero-order valence-electron chi connectivity index (χ0n) is 19.9. The molecule has 1 unspecified atom stereocenters. The van der Waals surface area contributed by atoms with Crippen LogP contribution in [-0.4, -0.2) is 0 Å². The fraction of sp³-hybridized carbons (Fsp3) is 0.562. The Morgan fingerprint density at radius 1 is 0.758 bits per heavy atom. The summed E-state index contributed by atoms with van der Waals surface area (Å²) in [5, 5.41) is 0. The normalized spacial score (nSPS) is 34.9. The molecule has 0 aliphatic heterocycles. The first kappa shape index (κ1) is 21.4. The minimum absolute atomic E-state index is 0.686. The monoisotopic (exact) mass is 511 g/mol. The summed E-state index contributed by atoms with van der Waals surface area (Å²) >= 11 is 1.68. The van der Waals surface area contributed by atoms with Crippen molar-refractivity contribution in [2.24, 2.45) is 29.6 Å². The van der Waals surface area contributed by atoms with E-state index in [1.807, 2.05) is 0 Å². The Labute approximate surface area is 215 Å². The van der Waals surface area contributed by atoms with E-state index in [1.54, 1.807) is 79.1 Å². The zero-order valence-corrected chi connectivity index (χ0v) is 22.4. The molecule has 0 saturated heterocycles. The van der Waals surface area contributed by atoms with Crippen LogP contribution in [0.3, 0.4) is 0 Å². The average Bonchev–Trinajstić information content (AvgIpc) is 3.17. The number of hydrogen-bond acceptors (Lipinski definition) is 0. The van der Waals surface area contributed by atoms with Crippen molar-refractivity contribution < 1.29 is 24.7 Å². The van der Waals surface area contributed by atoms with Gasteiger partial charge in [0.25, 0.3) is 0 Å². The van der Waals surface area contributed by atoms with Crippen LogP contribution in [-0.2, 0) is 24.7 Å². The van der Waals surface area contributed by atoms with Gasteiger partial charge in [0.15, 0.2) is 0 Å². The Hall–Kier alpha value is -0.937. The van der Waals surface area contributed by atoms with Crippen molar-refractivity contribution in [3.8, 4) is 11.1 Å². The molecular formula is C32H37Zr. The number of rotatable bonds is 4. The van der Waals surface area contributed by atoms with Crippen molar-refractivity contribution in [3.05, 3.63) is 64.7 Å². The first-order chi connectivity index (χ1) is 16.2. The van der Waals surface area contributed by atoms with Crippen LogP contribution < -0.4 is 0 Å². The summed E-state index contributed by atoms with van der Waals surface area (Å²) in [5.74, 6) is 6.04. The molecule has 6 aliphatic rings. The van der Waals surface area contributed by atoms with Crippen LogP contribution >= 0.6 is 0 Å². The van der Waals surface area contributed by atoms with E-state index in [4.69, 9.17) is 0 Å². The first-order valence-electron chi connectivity index (χ1n) is 13.9. The molecular weight excluding hydrogens is 476 g/mol. The Bertz CT molecular complexity index is 1030. The van der Waals surface area contributed by atoms with Crippen molar-refractivity contribution in [1.29, 1.82) is 0 Å². The fourth-order valence-corrected chi connectivity index (χ4v) is 10.0. The predicted molar refractivity (Wildman–Crippen MR) is 134 cm³/mol. The van der Waals surface area contributed by atoms with Crippen LogP contribution in [0.15, 0.2) is 48.0 Å². The van der Waals surface area contributed by atoms with Gasteiger partial charge in [0, 0.05) is 0 Å². The molecule has 2 aromatic carbocycles. The second-order valence-corrected chi connectivity index (χ2v) is 13.6. The Morgan fingerprint density at radius 2 is 1.45 bits per heavy atom. The van der Waals surface area contributed by atoms with Gasteiger partial charge in [-0.05, 0) is 0 Å². The van der Waals surface area contributed by atoms with Gasteiger partial charge >= 0.3 is 216 Å². The maximum absolute atomic E-state index is 2.64. The van der Waals surface area contributed by atoms with Crippen molar-refractivity contribution in [2.75, 3.05) is 0 Å². The molecule has 33 heavy (non-hydrogen) atoms. The quantitative estimate of drug-likeness (QED) is 0.384. The van der Waals surface area contributed by atoms with Crippen LogP contribution in [0.5, 0.6) is 0 Å². The van der Waals surface area contributed by atoms with E-state index < -0.39 is 0 Å². The third-order valence-corrected chi connectivity index (χ3v) is 12.0. The van der Waals surface area contributed by atoms with Crippen LogP contribution in [0.4, 0.5) is 0 Å². The van der Waals surface area contributed by atoms with Gasteiger partial charge in [0.05, 0.1) is 0 Å². The first-order valence-corrected chi connectivity index (χ1v) is 15.3. The summed E-state index contributed by atoms with van der Waals surface area (Å²) in [6.45, 7) is 0. The van der Waals surface area contributed by atoms with E-state index in [9.17, 15) is 0 Å². The van der Waals surface area contributed by atoms with Gasteiger partial charge in [-0.15, -0.1) is 0 Å². The molecule has 0 radical (unpaired) electrons. The molecule has 169 valence electrons. The molecule has 4 bridgehead atoms. The molecule has 5 fully saturated rings. The van der Waals surface area contributed by atoms with E-state index in [0.717, 1.165) is 35.5 Å². The molecule has 6 aliphatic carbocycles. The van der Waals surface area contributed by atoms with Crippen molar-refractivity contribution in [1.82, 2.24) is 0 Å². The number of allylic oxidation sites excluding steroid dienone is 1. The summed E-state index contributed by atoms with van der Waals surface area (Å²) in [6.07, 6.45) is 18.8. The molecule has 0 amide bonds. The van der Waals surface area contributed by atoms with E-state index in [-0.39, 0.29) is 0 Å². The Kier molecular flexibility index (Phi) is 5.58. The topological polar surface area (TPSA) is 0 Å². The van der Waals surface area contributed by atoms with Crippen LogP contribution in [0.25, 0.3) is 17.2 Å². The molecule has 5 saturated carbocycles. The molecule has 8 rings (SSSR count). The van der Waals surface area contributed by atoms with E-state index in [0.29, 0.717) is 3.63 Å². The van der Waals surface area contributed by atoms with Crippen molar-refractivity contribution in [3.63, 3.8) is 0 Å². The van der Waals surface area contributed by atoms with Crippen molar-refractivity contribution in [2.45, 2.75) is 80.2 Å². The standard InChI is InChI=1S/C32H37.Zr/c1-2-5-24(6-3-1)25-9-11-26(12-10-25)30-8-4-7-27-14-23(20-32(27)30)19-31-28-15-21-13-22(17-28)18-29(31)16-21;/h4,7-12,14,20-22,24,28-29,31H,1-3,5-6,13,15-19H2;. The third-order valence-electron chi connectivity index (χ3n) is 10.3. The molecule has 1 heteroatoms. The average molecular weight is 513 g/mol. The number of fused-ring (bicyclic) bond motifs is 1. The number of hydrogen-bond donors (Lipinski definition) is 0. The number of benzene rings is 2. The van der Waals surface area contributed by atoms with E-state index in [2.05, 4.69) is 48.5 Å². The third kappa shape index (κ3) is 3.80. The SMILES string of the molecule is [Zr][CH]1C(CC2C3CC4CC(C3)CC2C4)=Cc2c(-c3ccc(C4CCCCC4)cc3)cccc21. The molecule has 0 nitrogen and oxygen atoms in total. The molecule has 0 spiro atoms. The van der Waals surface area contributed by atoms with Crippen LogP contribution in [0.1, 0.15) is 96.9 Å². The molecule has 0 heterocycles. The fourth-order valence-electron chi connectivity index (χ4n) is 8.91. The van der Waals surface area contributed by atoms with Crippen LogP contribution in [0.2, 0.25) is 0 Å². The predicted octanol–water partition coefficient (Wildman–Crippen LogP) is 8.85. The van der Waals surface area contributed by atoms with E-state index >= 15 is 0 Å². The van der Waals surface area contributed by atoms with Gasteiger partial charge in [-0.2, -0.15) is 0 Å². The summed E-state index contributed by atoms with van der Waals surface area (Å²) in [5.41, 5.74) is 9.38. The molecule has 1 atom stereocenters. The van der Waals surface area contributed by atoms with Gasteiger partial charge in [-0.3, -0.25) is 0 Å². The zero-order chi connectivity index (χ0) is 21.9. The molecule has 0 aromatic heterocycles. The summed E-state index contributed by atoms with van der Waals surface area (Å²) in [6, 6.07) is 16.8. The van der Waals surface area contributed by atoms with Gasteiger partial charge in [0.2, 0.25) is 0 Å². The molecule has 2 aromatic rings. The minimum atomic E-state index is 0.686. The molecule has 0 N–H and O–H groups in total. The van der Waals surface area contributed by atoms with E-state index in [1.165, 1.54) is 49.7 Å². The summed E-state index contributed by atoms with van der Waals surface area (Å²) < 4.78 is 0.686. The summed E-state index contributed by atoms with van der Waals surface area (Å²) in [7, 11) is 0. The second-order valence-electron chi connectivity index (χ2n) is 12.2.